The fourth-order valence-electron chi connectivity index (χ4n) is 2.70. The lowest BCUT2D eigenvalue weighted by atomic mass is 9.94. The Kier molecular flexibility index (Phi) is 5.33. The van der Waals surface area contributed by atoms with Crippen LogP contribution in [0.3, 0.4) is 0 Å². The average molecular weight is 290 g/mol. The molecular weight excluding hydrogens is 268 g/mol. The maximum absolute atomic E-state index is 12.1. The molecule has 1 aromatic rings. The van der Waals surface area contributed by atoms with E-state index in [1.54, 1.807) is 18.2 Å². The van der Waals surface area contributed by atoms with Crippen LogP contribution in [0.25, 0.3) is 0 Å². The maximum Gasteiger partial charge on any atom is 0.335 e. The van der Waals surface area contributed by atoms with Crippen LogP contribution in [0.2, 0.25) is 0 Å². The van der Waals surface area contributed by atoms with Crippen LogP contribution >= 0.6 is 0 Å². The molecule has 0 aromatic heterocycles. The third kappa shape index (κ3) is 4.29. The van der Waals surface area contributed by atoms with Gasteiger partial charge < -0.3 is 15.7 Å². The normalized spacial score (nSPS) is 21.8. The van der Waals surface area contributed by atoms with E-state index in [-0.39, 0.29) is 11.9 Å². The molecule has 1 fully saturated rings. The molecule has 0 aliphatic carbocycles. The Bertz CT molecular complexity index is 516. The summed E-state index contributed by atoms with van der Waals surface area (Å²) in [5.74, 6) is -0.358. The smallest absolute Gasteiger partial charge is 0.335 e. The number of hydrogen-bond donors (Lipinski definition) is 3. The molecule has 1 aliphatic heterocycles. The molecule has 1 aromatic carbocycles. The number of piperidine rings is 1. The molecule has 5 nitrogen and oxygen atoms in total. The number of amides is 1. The van der Waals surface area contributed by atoms with Crippen molar-refractivity contribution in [1.82, 2.24) is 10.6 Å². The van der Waals surface area contributed by atoms with Crippen molar-refractivity contribution in [3.8, 4) is 0 Å². The summed E-state index contributed by atoms with van der Waals surface area (Å²) >= 11 is 0. The molecular formula is C16H22N2O3. The fourth-order valence-corrected chi connectivity index (χ4v) is 2.70. The summed E-state index contributed by atoms with van der Waals surface area (Å²) in [4.78, 5) is 23.2. The minimum atomic E-state index is -0.931. The van der Waals surface area contributed by atoms with Crippen LogP contribution in [0.15, 0.2) is 24.3 Å². The molecule has 2 rings (SSSR count). The Morgan fingerprint density at radius 2 is 2.14 bits per heavy atom. The van der Waals surface area contributed by atoms with Gasteiger partial charge in [0.1, 0.15) is 0 Å². The molecule has 0 spiro atoms. The Hall–Kier alpha value is -1.88. The highest BCUT2D eigenvalue weighted by atomic mass is 16.4. The Labute approximate surface area is 124 Å². The van der Waals surface area contributed by atoms with Gasteiger partial charge in [-0.05, 0) is 43.4 Å². The van der Waals surface area contributed by atoms with Gasteiger partial charge in [-0.2, -0.15) is 0 Å². The number of aromatic carboxylic acids is 1. The van der Waals surface area contributed by atoms with Crippen molar-refractivity contribution >= 4 is 11.9 Å². The van der Waals surface area contributed by atoms with E-state index in [1.165, 1.54) is 0 Å². The minimum absolute atomic E-state index is 0.00866. The van der Waals surface area contributed by atoms with Crippen LogP contribution in [-0.2, 0) is 11.2 Å². The van der Waals surface area contributed by atoms with Gasteiger partial charge in [0.15, 0.2) is 0 Å². The van der Waals surface area contributed by atoms with Crippen molar-refractivity contribution in [1.29, 1.82) is 0 Å². The maximum atomic E-state index is 12.1. The Morgan fingerprint density at radius 3 is 2.86 bits per heavy atom. The summed E-state index contributed by atoms with van der Waals surface area (Å²) in [7, 11) is 0. The third-order valence-corrected chi connectivity index (χ3v) is 3.92. The average Bonchev–Trinajstić information content (AvgIpc) is 2.47. The number of nitrogens with one attached hydrogen (secondary N) is 2. The van der Waals surface area contributed by atoms with Crippen molar-refractivity contribution in [3.63, 3.8) is 0 Å². The van der Waals surface area contributed by atoms with Crippen molar-refractivity contribution in [2.75, 3.05) is 13.1 Å². The van der Waals surface area contributed by atoms with Crippen LogP contribution in [0.1, 0.15) is 35.7 Å². The Balaban J connectivity index is 1.84. The Morgan fingerprint density at radius 1 is 1.38 bits per heavy atom. The number of rotatable bonds is 5. The second-order valence-corrected chi connectivity index (χ2v) is 5.64. The first-order chi connectivity index (χ1) is 10.1. The highest BCUT2D eigenvalue weighted by molar-refractivity contribution is 5.89. The van der Waals surface area contributed by atoms with Gasteiger partial charge in [0.05, 0.1) is 11.6 Å². The molecule has 1 heterocycles. The summed E-state index contributed by atoms with van der Waals surface area (Å²) in [6.07, 6.45) is 2.49. The van der Waals surface area contributed by atoms with Crippen LogP contribution in [-0.4, -0.2) is 36.1 Å². The number of benzene rings is 1. The first-order valence-electron chi connectivity index (χ1n) is 7.40. The topological polar surface area (TPSA) is 78.4 Å². The summed E-state index contributed by atoms with van der Waals surface area (Å²) in [5, 5.41) is 15.2. The van der Waals surface area contributed by atoms with Gasteiger partial charge in [-0.3, -0.25) is 4.79 Å². The van der Waals surface area contributed by atoms with E-state index >= 15 is 0 Å². The molecule has 3 N–H and O–H groups in total. The standard InChI is InChI=1S/C16H22N2O3/c1-11-6-8-17-14(10-11)15(19)18-9-7-12-4-2-3-5-13(12)16(20)21/h2-5,11,14,17H,6-10H2,1H3,(H,18,19)(H,20,21). The molecule has 114 valence electrons. The third-order valence-electron chi connectivity index (χ3n) is 3.92. The van der Waals surface area contributed by atoms with Gasteiger partial charge in [0.2, 0.25) is 5.91 Å². The molecule has 5 heteroatoms. The molecule has 0 bridgehead atoms. The largest absolute Gasteiger partial charge is 0.478 e. The first-order valence-corrected chi connectivity index (χ1v) is 7.40. The van der Waals surface area contributed by atoms with E-state index in [0.29, 0.717) is 24.4 Å². The van der Waals surface area contributed by atoms with E-state index in [2.05, 4.69) is 17.6 Å². The fraction of sp³-hybridized carbons (Fsp3) is 0.500. The zero-order valence-corrected chi connectivity index (χ0v) is 12.3. The van der Waals surface area contributed by atoms with Gasteiger partial charge >= 0.3 is 5.97 Å². The van der Waals surface area contributed by atoms with E-state index in [0.717, 1.165) is 24.9 Å². The molecule has 2 unspecified atom stereocenters. The predicted octanol–water partition coefficient (Wildman–Crippen LogP) is 1.43. The lowest BCUT2D eigenvalue weighted by Gasteiger charge is -2.27. The molecule has 1 amide bonds. The highest BCUT2D eigenvalue weighted by Gasteiger charge is 2.24. The first kappa shape index (κ1) is 15.5. The molecule has 1 aliphatic rings. The van der Waals surface area contributed by atoms with Crippen LogP contribution in [0.5, 0.6) is 0 Å². The van der Waals surface area contributed by atoms with Gasteiger partial charge in [-0.1, -0.05) is 25.1 Å². The summed E-state index contributed by atoms with van der Waals surface area (Å²) in [6.45, 7) is 3.49. The lowest BCUT2D eigenvalue weighted by molar-refractivity contribution is -0.124. The summed E-state index contributed by atoms with van der Waals surface area (Å²) in [6, 6.07) is 6.77. The zero-order valence-electron chi connectivity index (χ0n) is 12.3. The number of carbonyl (C=O) groups is 2. The number of carboxylic acids is 1. The molecule has 0 radical (unpaired) electrons. The second kappa shape index (κ2) is 7.22. The van der Waals surface area contributed by atoms with Gasteiger partial charge in [-0.15, -0.1) is 0 Å². The molecule has 1 saturated heterocycles. The minimum Gasteiger partial charge on any atom is -0.478 e. The van der Waals surface area contributed by atoms with E-state index in [9.17, 15) is 9.59 Å². The van der Waals surface area contributed by atoms with E-state index < -0.39 is 5.97 Å². The predicted molar refractivity (Wildman–Crippen MR) is 80.3 cm³/mol. The lowest BCUT2D eigenvalue weighted by Crippen LogP contribution is -2.48. The van der Waals surface area contributed by atoms with Crippen molar-refractivity contribution in [2.45, 2.75) is 32.2 Å². The second-order valence-electron chi connectivity index (χ2n) is 5.64. The number of hydrogen-bond acceptors (Lipinski definition) is 3. The van der Waals surface area contributed by atoms with E-state index in [4.69, 9.17) is 5.11 Å². The van der Waals surface area contributed by atoms with Crippen LogP contribution < -0.4 is 10.6 Å². The SMILES string of the molecule is CC1CCNC(C(=O)NCCc2ccccc2C(=O)O)C1. The van der Waals surface area contributed by atoms with Crippen molar-refractivity contribution in [3.05, 3.63) is 35.4 Å². The highest BCUT2D eigenvalue weighted by Crippen LogP contribution is 2.15. The zero-order chi connectivity index (χ0) is 15.2. The van der Waals surface area contributed by atoms with Crippen molar-refractivity contribution < 1.29 is 14.7 Å². The van der Waals surface area contributed by atoms with E-state index in [1.807, 2.05) is 6.07 Å². The summed E-state index contributed by atoms with van der Waals surface area (Å²) < 4.78 is 0. The monoisotopic (exact) mass is 290 g/mol. The molecule has 0 saturated carbocycles. The number of carbonyl (C=O) groups excluding carboxylic acids is 1. The summed E-state index contributed by atoms with van der Waals surface area (Å²) in [5.41, 5.74) is 1.05. The van der Waals surface area contributed by atoms with Gasteiger partial charge in [0.25, 0.3) is 0 Å². The molecule has 2 atom stereocenters. The number of carboxylic acid groups (broad SMARTS) is 1. The quantitative estimate of drug-likeness (QED) is 0.766. The van der Waals surface area contributed by atoms with Gasteiger partial charge in [0, 0.05) is 6.54 Å². The van der Waals surface area contributed by atoms with Crippen molar-refractivity contribution in [2.24, 2.45) is 5.92 Å². The molecule has 21 heavy (non-hydrogen) atoms. The van der Waals surface area contributed by atoms with Gasteiger partial charge in [-0.25, -0.2) is 4.79 Å². The van der Waals surface area contributed by atoms with Crippen LogP contribution in [0.4, 0.5) is 0 Å². The van der Waals surface area contributed by atoms with Crippen LogP contribution in [0, 0.1) is 5.92 Å².